The molecule has 0 fully saturated rings. The number of rotatable bonds is 3. The minimum absolute atomic E-state index is 0.329. The van der Waals surface area contributed by atoms with Gasteiger partial charge in [-0.15, -0.1) is 18.3 Å². The van der Waals surface area contributed by atoms with Gasteiger partial charge >= 0.3 is 0 Å². The lowest BCUT2D eigenvalue weighted by atomic mass is 10.1. The second kappa shape index (κ2) is 4.42. The zero-order valence-electron chi connectivity index (χ0n) is 6.36. The third-order valence-electron chi connectivity index (χ3n) is 1.55. The Labute approximate surface area is 71.5 Å². The van der Waals surface area contributed by atoms with Crippen LogP contribution in [0.3, 0.4) is 0 Å². The summed E-state index contributed by atoms with van der Waals surface area (Å²) in [7, 11) is 0. The van der Waals surface area contributed by atoms with Crippen molar-refractivity contribution < 1.29 is 5.11 Å². The molecule has 11 heavy (non-hydrogen) atoms. The zero-order valence-corrected chi connectivity index (χ0v) is 7.18. The molecular weight excluding hydrogens is 156 g/mol. The Morgan fingerprint density at radius 1 is 1.82 bits per heavy atom. The first-order chi connectivity index (χ1) is 5.34. The smallest absolute Gasteiger partial charge is 0.0795 e. The Kier molecular flexibility index (Phi) is 3.46. The molecule has 0 saturated heterocycles. The van der Waals surface area contributed by atoms with Gasteiger partial charge in [0, 0.05) is 5.75 Å². The standard InChI is InChI=1S/C9H12OS/c1-2-4-9(10)8-5-3-6-11-7-8/h2-3,5-6,9-10H,1,4,7H2/t9-/m0/s1. The number of hydrogen-bond acceptors (Lipinski definition) is 2. The van der Waals surface area contributed by atoms with E-state index in [1.54, 1.807) is 17.8 Å². The molecule has 0 saturated carbocycles. The fourth-order valence-electron chi connectivity index (χ4n) is 0.927. The Hall–Kier alpha value is -0.470. The van der Waals surface area contributed by atoms with E-state index in [2.05, 4.69) is 6.58 Å². The van der Waals surface area contributed by atoms with Gasteiger partial charge in [0.15, 0.2) is 0 Å². The van der Waals surface area contributed by atoms with Crippen molar-refractivity contribution in [1.82, 2.24) is 0 Å². The van der Waals surface area contributed by atoms with Crippen LogP contribution in [0.1, 0.15) is 6.42 Å². The molecule has 1 N–H and O–H groups in total. The predicted octanol–water partition coefficient (Wildman–Crippen LogP) is 2.11. The van der Waals surface area contributed by atoms with E-state index in [4.69, 9.17) is 0 Å². The summed E-state index contributed by atoms with van der Waals surface area (Å²) in [6.45, 7) is 3.58. The lowest BCUT2D eigenvalue weighted by Gasteiger charge is -2.13. The predicted molar refractivity (Wildman–Crippen MR) is 50.5 cm³/mol. The maximum absolute atomic E-state index is 9.49. The Balaban J connectivity index is 2.50. The molecule has 60 valence electrons. The van der Waals surface area contributed by atoms with Crippen LogP contribution in [0.15, 0.2) is 35.8 Å². The van der Waals surface area contributed by atoms with Gasteiger partial charge in [-0.05, 0) is 17.4 Å². The first-order valence-electron chi connectivity index (χ1n) is 3.60. The van der Waals surface area contributed by atoms with E-state index in [1.807, 2.05) is 17.6 Å². The fraction of sp³-hybridized carbons (Fsp3) is 0.333. The summed E-state index contributed by atoms with van der Waals surface area (Å²) >= 11 is 1.71. The molecule has 0 spiro atoms. The minimum atomic E-state index is -0.329. The third-order valence-corrected chi connectivity index (χ3v) is 2.40. The maximum atomic E-state index is 9.49. The summed E-state index contributed by atoms with van der Waals surface area (Å²) in [5.74, 6) is 0.908. The van der Waals surface area contributed by atoms with Crippen LogP contribution in [0.5, 0.6) is 0 Å². The molecule has 1 nitrogen and oxygen atoms in total. The van der Waals surface area contributed by atoms with E-state index in [1.165, 1.54) is 0 Å². The summed E-state index contributed by atoms with van der Waals surface area (Å²) in [5, 5.41) is 11.5. The van der Waals surface area contributed by atoms with Crippen molar-refractivity contribution in [3.63, 3.8) is 0 Å². The topological polar surface area (TPSA) is 20.2 Å². The van der Waals surface area contributed by atoms with Gasteiger partial charge in [0.25, 0.3) is 0 Å². The van der Waals surface area contributed by atoms with Crippen LogP contribution in [0.25, 0.3) is 0 Å². The summed E-state index contributed by atoms with van der Waals surface area (Å²) in [6.07, 6.45) is 6.01. The second-order valence-corrected chi connectivity index (χ2v) is 3.32. The summed E-state index contributed by atoms with van der Waals surface area (Å²) in [4.78, 5) is 0. The molecule has 0 aromatic rings. The highest BCUT2D eigenvalue weighted by Crippen LogP contribution is 2.19. The van der Waals surface area contributed by atoms with Gasteiger partial charge in [0.05, 0.1) is 6.10 Å². The number of allylic oxidation sites excluding steroid dienone is 2. The molecular formula is C9H12OS. The van der Waals surface area contributed by atoms with Crippen molar-refractivity contribution in [2.24, 2.45) is 0 Å². The van der Waals surface area contributed by atoms with Crippen molar-refractivity contribution in [3.8, 4) is 0 Å². The van der Waals surface area contributed by atoms with Crippen LogP contribution in [0.4, 0.5) is 0 Å². The van der Waals surface area contributed by atoms with Gasteiger partial charge in [-0.25, -0.2) is 0 Å². The molecule has 0 unspecified atom stereocenters. The highest BCUT2D eigenvalue weighted by Gasteiger charge is 2.09. The molecule has 0 bridgehead atoms. The summed E-state index contributed by atoms with van der Waals surface area (Å²) in [5.41, 5.74) is 1.09. The largest absolute Gasteiger partial charge is 0.388 e. The Bertz CT molecular complexity index is 194. The molecule has 0 aromatic carbocycles. The van der Waals surface area contributed by atoms with Crippen molar-refractivity contribution in [3.05, 3.63) is 35.8 Å². The number of thioether (sulfide) groups is 1. The van der Waals surface area contributed by atoms with Gasteiger partial charge in [-0.1, -0.05) is 18.2 Å². The van der Waals surface area contributed by atoms with Gasteiger partial charge < -0.3 is 5.11 Å². The van der Waals surface area contributed by atoms with Crippen LogP contribution in [0, 0.1) is 0 Å². The maximum Gasteiger partial charge on any atom is 0.0795 e. The minimum Gasteiger partial charge on any atom is -0.388 e. The molecule has 1 rings (SSSR count). The zero-order chi connectivity index (χ0) is 8.10. The molecule has 0 aliphatic carbocycles. The van der Waals surface area contributed by atoms with Crippen molar-refractivity contribution in [1.29, 1.82) is 0 Å². The van der Waals surface area contributed by atoms with E-state index in [0.29, 0.717) is 6.42 Å². The monoisotopic (exact) mass is 168 g/mol. The van der Waals surface area contributed by atoms with Crippen LogP contribution < -0.4 is 0 Å². The van der Waals surface area contributed by atoms with Gasteiger partial charge in [0.1, 0.15) is 0 Å². The Morgan fingerprint density at radius 3 is 3.18 bits per heavy atom. The first kappa shape index (κ1) is 8.62. The molecule has 1 aliphatic rings. The van der Waals surface area contributed by atoms with Gasteiger partial charge in [0.2, 0.25) is 0 Å². The lowest BCUT2D eigenvalue weighted by Crippen LogP contribution is -2.11. The van der Waals surface area contributed by atoms with E-state index in [-0.39, 0.29) is 6.10 Å². The first-order valence-corrected chi connectivity index (χ1v) is 4.65. The molecule has 1 aliphatic heterocycles. The van der Waals surface area contributed by atoms with Crippen molar-refractivity contribution in [2.45, 2.75) is 12.5 Å². The molecule has 0 aromatic heterocycles. The second-order valence-electron chi connectivity index (χ2n) is 2.42. The molecule has 1 heterocycles. The van der Waals surface area contributed by atoms with E-state index < -0.39 is 0 Å². The average molecular weight is 168 g/mol. The number of aliphatic hydroxyl groups is 1. The van der Waals surface area contributed by atoms with E-state index in [9.17, 15) is 5.11 Å². The van der Waals surface area contributed by atoms with Crippen LogP contribution >= 0.6 is 11.8 Å². The van der Waals surface area contributed by atoms with Crippen LogP contribution in [0.2, 0.25) is 0 Å². The number of aliphatic hydroxyl groups excluding tert-OH is 1. The molecule has 0 radical (unpaired) electrons. The van der Waals surface area contributed by atoms with Crippen LogP contribution in [-0.2, 0) is 0 Å². The van der Waals surface area contributed by atoms with Crippen molar-refractivity contribution in [2.75, 3.05) is 5.75 Å². The van der Waals surface area contributed by atoms with Gasteiger partial charge in [-0.3, -0.25) is 0 Å². The quantitative estimate of drug-likeness (QED) is 0.651. The normalized spacial score (nSPS) is 19.2. The molecule has 1 atom stereocenters. The average Bonchev–Trinajstić information content (AvgIpc) is 2.07. The van der Waals surface area contributed by atoms with E-state index in [0.717, 1.165) is 11.3 Å². The number of hydrogen-bond donors (Lipinski definition) is 1. The molecule has 2 heteroatoms. The van der Waals surface area contributed by atoms with Crippen LogP contribution in [-0.4, -0.2) is 17.0 Å². The Morgan fingerprint density at radius 2 is 2.64 bits per heavy atom. The van der Waals surface area contributed by atoms with E-state index >= 15 is 0 Å². The summed E-state index contributed by atoms with van der Waals surface area (Å²) < 4.78 is 0. The SMILES string of the molecule is C=CC[C@H](O)C1=CC=CSC1. The summed E-state index contributed by atoms with van der Waals surface area (Å²) in [6, 6.07) is 0. The van der Waals surface area contributed by atoms with Gasteiger partial charge in [-0.2, -0.15) is 0 Å². The third kappa shape index (κ3) is 2.56. The lowest BCUT2D eigenvalue weighted by molar-refractivity contribution is 0.215. The van der Waals surface area contributed by atoms with Crippen molar-refractivity contribution >= 4 is 11.8 Å². The molecule has 0 amide bonds. The highest BCUT2D eigenvalue weighted by atomic mass is 32.2. The fourth-order valence-corrected chi connectivity index (χ4v) is 1.69. The highest BCUT2D eigenvalue weighted by molar-refractivity contribution is 8.02.